The molecule has 0 aliphatic carbocycles. The maximum atomic E-state index is 13.5. The number of nitrogens with one attached hydrogen (secondary N) is 1. The van der Waals surface area contributed by atoms with Crippen LogP contribution in [0.3, 0.4) is 0 Å². The highest BCUT2D eigenvalue weighted by molar-refractivity contribution is 8.00. The quantitative estimate of drug-likeness (QED) is 0.660. The second-order valence-electron chi connectivity index (χ2n) is 3.56. The Labute approximate surface area is 101 Å². The van der Waals surface area contributed by atoms with Gasteiger partial charge < -0.3 is 5.32 Å². The second kappa shape index (κ2) is 4.70. The monoisotopic (exact) mass is 256 g/mol. The number of nitrogens with zero attached hydrogens (tertiary/aromatic N) is 1. The number of nitro groups is 1. The molecule has 1 atom stereocenters. The van der Waals surface area contributed by atoms with E-state index in [-0.39, 0.29) is 21.7 Å². The Kier molecular flexibility index (Phi) is 3.28. The van der Waals surface area contributed by atoms with Crippen LogP contribution >= 0.6 is 11.8 Å². The number of benzene rings is 1. The van der Waals surface area contributed by atoms with Gasteiger partial charge in [0.1, 0.15) is 5.82 Å². The van der Waals surface area contributed by atoms with Crippen molar-refractivity contribution in [3.8, 4) is 0 Å². The lowest BCUT2D eigenvalue weighted by molar-refractivity contribution is -0.385. The van der Waals surface area contributed by atoms with Gasteiger partial charge in [0.2, 0.25) is 5.91 Å². The molecule has 1 aromatic rings. The highest BCUT2D eigenvalue weighted by atomic mass is 32.2. The van der Waals surface area contributed by atoms with Crippen LogP contribution in [0.15, 0.2) is 23.1 Å². The van der Waals surface area contributed by atoms with Crippen molar-refractivity contribution < 1.29 is 14.1 Å². The van der Waals surface area contributed by atoms with Crippen molar-refractivity contribution in [1.82, 2.24) is 5.32 Å². The molecule has 1 fully saturated rings. The molecule has 17 heavy (non-hydrogen) atoms. The molecule has 1 amide bonds. The van der Waals surface area contributed by atoms with Gasteiger partial charge in [-0.25, -0.2) is 4.39 Å². The highest BCUT2D eigenvalue weighted by Gasteiger charge is 2.26. The normalized spacial score (nSPS) is 19.1. The van der Waals surface area contributed by atoms with E-state index < -0.39 is 10.7 Å². The highest BCUT2D eigenvalue weighted by Crippen LogP contribution is 2.31. The van der Waals surface area contributed by atoms with E-state index in [4.69, 9.17) is 0 Å². The van der Waals surface area contributed by atoms with Gasteiger partial charge in [-0.1, -0.05) is 0 Å². The first-order valence-corrected chi connectivity index (χ1v) is 5.84. The molecule has 7 heteroatoms. The van der Waals surface area contributed by atoms with Crippen LogP contribution < -0.4 is 5.32 Å². The van der Waals surface area contributed by atoms with Crippen molar-refractivity contribution in [2.24, 2.45) is 0 Å². The molecule has 1 N–H and O–H groups in total. The van der Waals surface area contributed by atoms with E-state index in [0.717, 1.165) is 17.8 Å². The summed E-state index contributed by atoms with van der Waals surface area (Å²) in [6.07, 6.45) is 0.639. The summed E-state index contributed by atoms with van der Waals surface area (Å²) >= 11 is 1.10. The molecule has 5 nitrogen and oxygen atoms in total. The molecule has 2 rings (SSSR count). The topological polar surface area (TPSA) is 72.2 Å². The first-order chi connectivity index (χ1) is 8.08. The number of nitro benzene ring substituents is 1. The number of amides is 1. The van der Waals surface area contributed by atoms with Crippen LogP contribution in [0.25, 0.3) is 0 Å². The number of rotatable bonds is 3. The lowest BCUT2D eigenvalue weighted by Gasteiger charge is -2.07. The Balaban J connectivity index is 2.16. The van der Waals surface area contributed by atoms with Gasteiger partial charge in [0.15, 0.2) is 0 Å². The molecule has 0 saturated carbocycles. The molecular formula is C10H9FN2O3S. The van der Waals surface area contributed by atoms with Crippen LogP contribution in [0.5, 0.6) is 0 Å². The standard InChI is InChI=1S/C10H9FN2O3S/c11-7-5-6(13(15)16)1-2-8(7)17-9-3-4-12-10(9)14/h1-2,5,9H,3-4H2,(H,12,14)/t9-/m0/s1. The minimum atomic E-state index is -0.663. The fourth-order valence-corrected chi connectivity index (χ4v) is 2.59. The maximum absolute atomic E-state index is 13.5. The van der Waals surface area contributed by atoms with Crippen LogP contribution in [0, 0.1) is 15.9 Å². The molecule has 1 aromatic carbocycles. The Bertz CT molecular complexity index is 481. The summed E-state index contributed by atoms with van der Waals surface area (Å²) < 4.78 is 13.5. The van der Waals surface area contributed by atoms with E-state index >= 15 is 0 Å². The Morgan fingerprint density at radius 1 is 1.53 bits per heavy atom. The van der Waals surface area contributed by atoms with Gasteiger partial charge in [-0.15, -0.1) is 11.8 Å². The number of carbonyl (C=O) groups excluding carboxylic acids is 1. The van der Waals surface area contributed by atoms with E-state index in [1.807, 2.05) is 0 Å². The van der Waals surface area contributed by atoms with Gasteiger partial charge in [-0.3, -0.25) is 14.9 Å². The second-order valence-corrected chi connectivity index (χ2v) is 4.80. The van der Waals surface area contributed by atoms with Gasteiger partial charge >= 0.3 is 0 Å². The Hall–Kier alpha value is -1.63. The third-order valence-corrected chi connectivity index (χ3v) is 3.71. The van der Waals surface area contributed by atoms with E-state index in [1.165, 1.54) is 12.1 Å². The van der Waals surface area contributed by atoms with Gasteiger partial charge in [-0.05, 0) is 12.5 Å². The van der Waals surface area contributed by atoms with Gasteiger partial charge in [0.25, 0.3) is 5.69 Å². The van der Waals surface area contributed by atoms with Crippen molar-refractivity contribution in [1.29, 1.82) is 0 Å². The molecule has 0 unspecified atom stereocenters. The Morgan fingerprint density at radius 3 is 2.82 bits per heavy atom. The van der Waals surface area contributed by atoms with E-state index in [1.54, 1.807) is 0 Å². The summed E-state index contributed by atoms with van der Waals surface area (Å²) in [5, 5.41) is 12.8. The molecule has 0 bridgehead atoms. The third-order valence-electron chi connectivity index (χ3n) is 2.39. The average molecular weight is 256 g/mol. The zero-order valence-corrected chi connectivity index (χ0v) is 9.50. The number of hydrogen-bond donors (Lipinski definition) is 1. The SMILES string of the molecule is O=C1NCC[C@@H]1Sc1ccc([N+](=O)[O-])cc1F. The van der Waals surface area contributed by atoms with Crippen molar-refractivity contribution in [2.75, 3.05) is 6.54 Å². The Morgan fingerprint density at radius 2 is 2.29 bits per heavy atom. The molecule has 90 valence electrons. The number of thioether (sulfide) groups is 1. The van der Waals surface area contributed by atoms with Gasteiger partial charge in [0, 0.05) is 17.5 Å². The van der Waals surface area contributed by atoms with Crippen LogP contribution in [0.4, 0.5) is 10.1 Å². The molecule has 0 aromatic heterocycles. The van der Waals surface area contributed by atoms with Crippen molar-refractivity contribution in [3.05, 3.63) is 34.1 Å². The fourth-order valence-electron chi connectivity index (χ4n) is 1.54. The molecule has 0 radical (unpaired) electrons. The first-order valence-electron chi connectivity index (χ1n) is 4.96. The lowest BCUT2D eigenvalue weighted by Crippen LogP contribution is -2.20. The predicted molar refractivity (Wildman–Crippen MR) is 60.3 cm³/mol. The van der Waals surface area contributed by atoms with Gasteiger partial charge in [0.05, 0.1) is 16.2 Å². The largest absolute Gasteiger partial charge is 0.355 e. The number of hydrogen-bond acceptors (Lipinski definition) is 4. The van der Waals surface area contributed by atoms with E-state index in [2.05, 4.69) is 5.32 Å². The zero-order valence-electron chi connectivity index (χ0n) is 8.68. The summed E-state index contributed by atoms with van der Waals surface area (Å²) in [7, 11) is 0. The molecule has 1 aliphatic rings. The van der Waals surface area contributed by atoms with Crippen LogP contribution in [0.1, 0.15) is 6.42 Å². The van der Waals surface area contributed by atoms with Crippen molar-refractivity contribution >= 4 is 23.4 Å². The van der Waals surface area contributed by atoms with Crippen molar-refractivity contribution in [2.45, 2.75) is 16.6 Å². The molecule has 1 saturated heterocycles. The third kappa shape index (κ3) is 2.55. The van der Waals surface area contributed by atoms with Crippen LogP contribution in [-0.2, 0) is 4.79 Å². The van der Waals surface area contributed by atoms with E-state index in [0.29, 0.717) is 13.0 Å². The average Bonchev–Trinajstić information content (AvgIpc) is 2.67. The summed E-state index contributed by atoms with van der Waals surface area (Å²) in [4.78, 5) is 21.3. The van der Waals surface area contributed by atoms with Crippen LogP contribution in [0.2, 0.25) is 0 Å². The maximum Gasteiger partial charge on any atom is 0.272 e. The summed E-state index contributed by atoms with van der Waals surface area (Å²) in [6, 6.07) is 3.44. The molecule has 1 aliphatic heterocycles. The molecule has 0 spiro atoms. The number of halogens is 1. The minimum absolute atomic E-state index is 0.118. The molecule has 1 heterocycles. The fraction of sp³-hybridized carbons (Fsp3) is 0.300. The first kappa shape index (κ1) is 11.8. The predicted octanol–water partition coefficient (Wildman–Crippen LogP) is 1.71. The summed E-state index contributed by atoms with van der Waals surface area (Å²) in [5.41, 5.74) is -0.289. The lowest BCUT2D eigenvalue weighted by atomic mass is 10.3. The summed E-state index contributed by atoms with van der Waals surface area (Å²) in [5.74, 6) is -0.781. The minimum Gasteiger partial charge on any atom is -0.355 e. The smallest absolute Gasteiger partial charge is 0.272 e. The van der Waals surface area contributed by atoms with E-state index in [9.17, 15) is 19.3 Å². The number of carbonyl (C=O) groups is 1. The number of non-ortho nitro benzene ring substituents is 1. The van der Waals surface area contributed by atoms with Crippen LogP contribution in [-0.4, -0.2) is 22.6 Å². The summed E-state index contributed by atoms with van der Waals surface area (Å²) in [6.45, 7) is 0.588. The molecular weight excluding hydrogens is 247 g/mol. The van der Waals surface area contributed by atoms with Gasteiger partial charge in [-0.2, -0.15) is 0 Å². The zero-order chi connectivity index (χ0) is 12.4. The van der Waals surface area contributed by atoms with Crippen molar-refractivity contribution in [3.63, 3.8) is 0 Å².